The molecule has 0 unspecified atom stereocenters. The molecule has 0 radical (unpaired) electrons. The van der Waals surface area contributed by atoms with Crippen molar-refractivity contribution in [2.24, 2.45) is 0 Å². The molecule has 1 aliphatic heterocycles. The number of carbonyl (C=O) groups excluding carboxylic acids is 2. The van der Waals surface area contributed by atoms with Crippen molar-refractivity contribution in [3.63, 3.8) is 0 Å². The Balaban J connectivity index is 1.56. The highest BCUT2D eigenvalue weighted by molar-refractivity contribution is 7.71. The van der Waals surface area contributed by atoms with E-state index in [1.54, 1.807) is 35.4 Å². The molecule has 6 heteroatoms. The van der Waals surface area contributed by atoms with E-state index in [4.69, 9.17) is 12.2 Å². The van der Waals surface area contributed by atoms with Crippen molar-refractivity contribution >= 4 is 24.0 Å². The molecule has 3 rings (SSSR count). The van der Waals surface area contributed by atoms with Crippen LogP contribution in [0.5, 0.6) is 0 Å². The molecule has 2 N–H and O–H groups in total. The van der Waals surface area contributed by atoms with Crippen LogP contribution in [0.1, 0.15) is 33.6 Å². The molecule has 1 aromatic carbocycles. The molecule has 2 amide bonds. The Labute approximate surface area is 145 Å². The predicted molar refractivity (Wildman–Crippen MR) is 94.5 cm³/mol. The topological polar surface area (TPSA) is 65.2 Å². The Morgan fingerprint density at radius 1 is 1.08 bits per heavy atom. The Bertz CT molecular complexity index is 780. The SMILES string of the molecule is O=C(NC1CCN(C(=O)c2ccc[nH]c2=S)CC1)c1ccccc1. The number of aromatic amines is 1. The van der Waals surface area contributed by atoms with Gasteiger partial charge in [-0.05, 0) is 37.1 Å². The van der Waals surface area contributed by atoms with Gasteiger partial charge < -0.3 is 15.2 Å². The van der Waals surface area contributed by atoms with E-state index in [1.807, 2.05) is 18.2 Å². The van der Waals surface area contributed by atoms with Gasteiger partial charge in [0.1, 0.15) is 4.64 Å². The lowest BCUT2D eigenvalue weighted by molar-refractivity contribution is 0.0697. The molecular formula is C18H19N3O2S. The normalized spacial score (nSPS) is 15.1. The van der Waals surface area contributed by atoms with Gasteiger partial charge in [0.05, 0.1) is 5.56 Å². The fourth-order valence-corrected chi connectivity index (χ4v) is 3.07. The number of likely N-dealkylation sites (tertiary alicyclic amines) is 1. The summed E-state index contributed by atoms with van der Waals surface area (Å²) in [5.74, 6) is -0.115. The van der Waals surface area contributed by atoms with Gasteiger partial charge >= 0.3 is 0 Å². The summed E-state index contributed by atoms with van der Waals surface area (Å²) < 4.78 is 0.460. The molecule has 0 atom stereocenters. The van der Waals surface area contributed by atoms with Gasteiger partial charge in [-0.1, -0.05) is 30.4 Å². The number of benzene rings is 1. The molecular weight excluding hydrogens is 322 g/mol. The average molecular weight is 341 g/mol. The van der Waals surface area contributed by atoms with Gasteiger partial charge in [0.15, 0.2) is 0 Å². The molecule has 0 bridgehead atoms. The van der Waals surface area contributed by atoms with Gasteiger partial charge in [-0.2, -0.15) is 0 Å². The van der Waals surface area contributed by atoms with Gasteiger partial charge in [-0.25, -0.2) is 0 Å². The summed E-state index contributed by atoms with van der Waals surface area (Å²) in [7, 11) is 0. The molecule has 5 nitrogen and oxygen atoms in total. The molecule has 1 fully saturated rings. The van der Waals surface area contributed by atoms with Gasteiger partial charge in [-0.15, -0.1) is 0 Å². The largest absolute Gasteiger partial charge is 0.352 e. The number of aromatic nitrogens is 1. The van der Waals surface area contributed by atoms with Crippen molar-refractivity contribution in [1.82, 2.24) is 15.2 Å². The van der Waals surface area contributed by atoms with E-state index in [-0.39, 0.29) is 17.9 Å². The summed E-state index contributed by atoms with van der Waals surface area (Å²) >= 11 is 5.17. The lowest BCUT2D eigenvalue weighted by Gasteiger charge is -2.32. The molecule has 0 saturated carbocycles. The number of carbonyl (C=O) groups is 2. The van der Waals surface area contributed by atoms with Crippen LogP contribution in [-0.4, -0.2) is 40.8 Å². The van der Waals surface area contributed by atoms with Crippen molar-refractivity contribution in [3.8, 4) is 0 Å². The van der Waals surface area contributed by atoms with Crippen molar-refractivity contribution in [3.05, 3.63) is 64.4 Å². The highest BCUT2D eigenvalue weighted by Gasteiger charge is 2.25. The zero-order valence-corrected chi connectivity index (χ0v) is 14.0. The lowest BCUT2D eigenvalue weighted by Crippen LogP contribution is -2.46. The van der Waals surface area contributed by atoms with E-state index >= 15 is 0 Å². The van der Waals surface area contributed by atoms with Gasteiger partial charge in [0, 0.05) is 30.9 Å². The number of hydrogen-bond acceptors (Lipinski definition) is 3. The van der Waals surface area contributed by atoms with Crippen molar-refractivity contribution in [2.45, 2.75) is 18.9 Å². The zero-order valence-electron chi connectivity index (χ0n) is 13.2. The van der Waals surface area contributed by atoms with Crippen molar-refractivity contribution < 1.29 is 9.59 Å². The van der Waals surface area contributed by atoms with Crippen molar-refractivity contribution in [2.75, 3.05) is 13.1 Å². The van der Waals surface area contributed by atoms with Crippen LogP contribution >= 0.6 is 12.2 Å². The van der Waals surface area contributed by atoms with Crippen LogP contribution in [-0.2, 0) is 0 Å². The van der Waals surface area contributed by atoms with Gasteiger partial charge in [0.25, 0.3) is 11.8 Å². The molecule has 2 heterocycles. The zero-order chi connectivity index (χ0) is 16.9. The number of rotatable bonds is 3. The van der Waals surface area contributed by atoms with Crippen LogP contribution in [0.25, 0.3) is 0 Å². The molecule has 1 saturated heterocycles. The number of nitrogens with one attached hydrogen (secondary N) is 2. The van der Waals surface area contributed by atoms with Crippen LogP contribution in [0.3, 0.4) is 0 Å². The number of amides is 2. The highest BCUT2D eigenvalue weighted by Crippen LogP contribution is 2.15. The molecule has 24 heavy (non-hydrogen) atoms. The summed E-state index contributed by atoms with van der Waals surface area (Å²) in [5.41, 5.74) is 1.19. The smallest absolute Gasteiger partial charge is 0.256 e. The van der Waals surface area contributed by atoms with Crippen LogP contribution in [0.4, 0.5) is 0 Å². The number of piperidine rings is 1. The maximum absolute atomic E-state index is 12.5. The summed E-state index contributed by atoms with van der Waals surface area (Å²) in [6, 6.07) is 12.8. The Hall–Kier alpha value is -2.47. The number of hydrogen-bond donors (Lipinski definition) is 2. The van der Waals surface area contributed by atoms with E-state index < -0.39 is 0 Å². The predicted octanol–water partition coefficient (Wildman–Crippen LogP) is 2.78. The molecule has 0 aliphatic carbocycles. The van der Waals surface area contributed by atoms with Gasteiger partial charge in [-0.3, -0.25) is 9.59 Å². The number of H-pyrrole nitrogens is 1. The first kappa shape index (κ1) is 16.4. The standard InChI is InChI=1S/C18H19N3O2S/c22-16(13-5-2-1-3-6-13)20-14-8-11-21(12-9-14)18(23)15-7-4-10-19-17(15)24/h1-7,10,14H,8-9,11-12H2,(H,19,24)(H,20,22). The minimum absolute atomic E-state index is 0.0512. The Morgan fingerprint density at radius 3 is 2.46 bits per heavy atom. The monoisotopic (exact) mass is 341 g/mol. The molecule has 0 spiro atoms. The second-order valence-corrected chi connectivity index (χ2v) is 6.23. The first-order valence-corrected chi connectivity index (χ1v) is 8.39. The minimum atomic E-state index is -0.0640. The molecule has 2 aromatic rings. The first-order chi connectivity index (χ1) is 11.6. The van der Waals surface area contributed by atoms with E-state index in [0.717, 1.165) is 12.8 Å². The lowest BCUT2D eigenvalue weighted by atomic mass is 10.0. The summed E-state index contributed by atoms with van der Waals surface area (Å²) in [6.45, 7) is 1.23. The highest BCUT2D eigenvalue weighted by atomic mass is 32.1. The Morgan fingerprint density at radius 2 is 1.79 bits per heavy atom. The number of pyridine rings is 1. The maximum Gasteiger partial charge on any atom is 0.256 e. The van der Waals surface area contributed by atoms with Crippen LogP contribution in [0, 0.1) is 4.64 Å². The van der Waals surface area contributed by atoms with Crippen LogP contribution in [0.2, 0.25) is 0 Å². The van der Waals surface area contributed by atoms with Crippen LogP contribution < -0.4 is 5.32 Å². The third-order valence-corrected chi connectivity index (χ3v) is 4.54. The quantitative estimate of drug-likeness (QED) is 0.844. The molecule has 124 valence electrons. The minimum Gasteiger partial charge on any atom is -0.352 e. The molecule has 1 aliphatic rings. The summed E-state index contributed by atoms with van der Waals surface area (Å²) in [5, 5.41) is 3.04. The third-order valence-electron chi connectivity index (χ3n) is 4.20. The third kappa shape index (κ3) is 3.71. The number of nitrogens with zero attached hydrogens (tertiary/aromatic N) is 1. The maximum atomic E-state index is 12.5. The van der Waals surface area contributed by atoms with E-state index in [9.17, 15) is 9.59 Å². The second kappa shape index (κ2) is 7.40. The summed E-state index contributed by atoms with van der Waals surface area (Å²) in [4.78, 5) is 29.4. The fourth-order valence-electron chi connectivity index (χ4n) is 2.85. The first-order valence-electron chi connectivity index (χ1n) is 7.98. The van der Waals surface area contributed by atoms with Crippen LogP contribution in [0.15, 0.2) is 48.7 Å². The Kier molecular flexibility index (Phi) is 5.05. The van der Waals surface area contributed by atoms with Gasteiger partial charge in [0.2, 0.25) is 0 Å². The second-order valence-electron chi connectivity index (χ2n) is 5.82. The summed E-state index contributed by atoms with van der Waals surface area (Å²) in [6.07, 6.45) is 3.20. The van der Waals surface area contributed by atoms with Crippen molar-refractivity contribution in [1.29, 1.82) is 0 Å². The van der Waals surface area contributed by atoms with E-state index in [0.29, 0.717) is 28.9 Å². The van der Waals surface area contributed by atoms with E-state index in [1.165, 1.54) is 0 Å². The molecule has 1 aromatic heterocycles. The average Bonchev–Trinajstić information content (AvgIpc) is 2.63. The van der Waals surface area contributed by atoms with E-state index in [2.05, 4.69) is 10.3 Å². The fraction of sp³-hybridized carbons (Fsp3) is 0.278.